The van der Waals surface area contributed by atoms with Gasteiger partial charge in [0.15, 0.2) is 11.6 Å². The van der Waals surface area contributed by atoms with Crippen LogP contribution >= 0.6 is 0 Å². The Morgan fingerprint density at radius 3 is 2.39 bits per heavy atom. The van der Waals surface area contributed by atoms with Crippen LogP contribution < -0.4 is 4.74 Å². The lowest BCUT2D eigenvalue weighted by molar-refractivity contribution is -0.0927. The van der Waals surface area contributed by atoms with Gasteiger partial charge in [-0.05, 0) is 48.9 Å². The van der Waals surface area contributed by atoms with Gasteiger partial charge in [-0.2, -0.15) is 4.39 Å². The molecule has 2 aromatic rings. The van der Waals surface area contributed by atoms with Crippen molar-refractivity contribution in [2.24, 2.45) is 0 Å². The molecule has 3 rings (SSSR count). The number of rotatable bonds is 11. The van der Waals surface area contributed by atoms with Crippen molar-refractivity contribution in [2.75, 3.05) is 13.2 Å². The third-order valence-corrected chi connectivity index (χ3v) is 5.76. The van der Waals surface area contributed by atoms with E-state index in [0.717, 1.165) is 37.7 Å². The first-order valence-corrected chi connectivity index (χ1v) is 11.6. The average Bonchev–Trinajstić information content (AvgIpc) is 2.80. The van der Waals surface area contributed by atoms with Crippen LogP contribution in [0, 0.1) is 11.6 Å². The van der Waals surface area contributed by atoms with Crippen LogP contribution in [0.1, 0.15) is 64.4 Å². The van der Waals surface area contributed by atoms with Crippen LogP contribution in [0.3, 0.4) is 0 Å². The highest BCUT2D eigenvalue weighted by Crippen LogP contribution is 2.30. The molecule has 0 amide bonds. The van der Waals surface area contributed by atoms with E-state index < -0.39 is 11.6 Å². The van der Waals surface area contributed by atoms with Crippen molar-refractivity contribution < 1.29 is 23.0 Å². The predicted octanol–water partition coefficient (Wildman–Crippen LogP) is 7.07. The number of halogens is 2. The first-order valence-electron chi connectivity index (χ1n) is 11.6. The van der Waals surface area contributed by atoms with Crippen LogP contribution in [-0.2, 0) is 16.1 Å². The number of hydrogen-bond donors (Lipinski definition) is 0. The molecule has 1 aliphatic heterocycles. The van der Waals surface area contributed by atoms with Crippen molar-refractivity contribution in [1.82, 2.24) is 0 Å². The van der Waals surface area contributed by atoms with E-state index in [4.69, 9.17) is 14.2 Å². The van der Waals surface area contributed by atoms with Gasteiger partial charge in [-0.1, -0.05) is 57.4 Å². The van der Waals surface area contributed by atoms with Crippen LogP contribution in [0.5, 0.6) is 5.75 Å². The van der Waals surface area contributed by atoms with Gasteiger partial charge in [-0.15, -0.1) is 0 Å². The molecular formula is C26H34F2O3. The van der Waals surface area contributed by atoms with Gasteiger partial charge in [-0.3, -0.25) is 0 Å². The Labute approximate surface area is 184 Å². The summed E-state index contributed by atoms with van der Waals surface area (Å²) in [6, 6.07) is 10.5. The fourth-order valence-corrected chi connectivity index (χ4v) is 3.76. The second-order valence-electron chi connectivity index (χ2n) is 8.25. The predicted molar refractivity (Wildman–Crippen MR) is 119 cm³/mol. The third-order valence-electron chi connectivity index (χ3n) is 5.76. The molecule has 2 atom stereocenters. The van der Waals surface area contributed by atoms with E-state index in [1.165, 1.54) is 18.9 Å². The van der Waals surface area contributed by atoms with Gasteiger partial charge in [-0.25, -0.2) is 4.39 Å². The maximum Gasteiger partial charge on any atom is 0.201 e. The van der Waals surface area contributed by atoms with E-state index in [2.05, 4.69) is 6.92 Å². The van der Waals surface area contributed by atoms with Gasteiger partial charge in [0.1, 0.15) is 0 Å². The number of benzene rings is 2. The van der Waals surface area contributed by atoms with Gasteiger partial charge < -0.3 is 14.2 Å². The number of unbranched alkanes of at least 4 members (excludes halogenated alkanes) is 2. The molecule has 0 bridgehead atoms. The Hall–Kier alpha value is -1.98. The van der Waals surface area contributed by atoms with Crippen molar-refractivity contribution >= 4 is 0 Å². The van der Waals surface area contributed by atoms with Crippen LogP contribution in [0.4, 0.5) is 8.78 Å². The van der Waals surface area contributed by atoms with Crippen molar-refractivity contribution in [3.05, 3.63) is 53.6 Å². The zero-order valence-corrected chi connectivity index (χ0v) is 18.7. The molecule has 1 fully saturated rings. The summed E-state index contributed by atoms with van der Waals surface area (Å²) in [5.41, 5.74) is 1.85. The lowest BCUT2D eigenvalue weighted by Gasteiger charge is -2.29. The Kier molecular flexibility index (Phi) is 9.29. The second-order valence-corrected chi connectivity index (χ2v) is 8.25. The van der Waals surface area contributed by atoms with Gasteiger partial charge in [0, 0.05) is 5.56 Å². The highest BCUT2D eigenvalue weighted by Gasteiger charge is 2.22. The van der Waals surface area contributed by atoms with Crippen molar-refractivity contribution in [1.29, 1.82) is 0 Å². The minimum atomic E-state index is -0.935. The van der Waals surface area contributed by atoms with E-state index in [1.807, 2.05) is 19.1 Å². The summed E-state index contributed by atoms with van der Waals surface area (Å²) >= 11 is 0. The largest absolute Gasteiger partial charge is 0.490 e. The fraction of sp³-hybridized carbons (Fsp3) is 0.538. The van der Waals surface area contributed by atoms with Crippen molar-refractivity contribution in [2.45, 2.75) is 77.6 Å². The molecule has 1 aliphatic rings. The molecule has 0 aliphatic carbocycles. The van der Waals surface area contributed by atoms with Crippen LogP contribution in [0.2, 0.25) is 0 Å². The maximum absolute atomic E-state index is 14.6. The quantitative estimate of drug-likeness (QED) is 0.356. The summed E-state index contributed by atoms with van der Waals surface area (Å²) in [4.78, 5) is 0. The van der Waals surface area contributed by atoms with Gasteiger partial charge in [0.2, 0.25) is 5.82 Å². The second kappa shape index (κ2) is 12.2. The summed E-state index contributed by atoms with van der Waals surface area (Å²) < 4.78 is 46.2. The maximum atomic E-state index is 14.6. The monoisotopic (exact) mass is 432 g/mol. The highest BCUT2D eigenvalue weighted by atomic mass is 19.2. The Bertz CT molecular complexity index is 799. The van der Waals surface area contributed by atoms with Gasteiger partial charge in [0.05, 0.1) is 32.0 Å². The summed E-state index contributed by atoms with van der Waals surface area (Å²) in [6.07, 6.45) is 7.83. The molecule has 0 N–H and O–H groups in total. The lowest BCUT2D eigenvalue weighted by Crippen LogP contribution is -2.31. The summed E-state index contributed by atoms with van der Waals surface area (Å²) in [7, 11) is 0. The first kappa shape index (κ1) is 23.7. The molecule has 170 valence electrons. The van der Waals surface area contributed by atoms with E-state index in [0.29, 0.717) is 31.5 Å². The molecule has 31 heavy (non-hydrogen) atoms. The standard InChI is InChI=1S/C26H34F2O3/c1-3-5-7-21-12-13-22(18-31-21)30-17-19-8-10-20(11-9-19)23-14-15-24(26(28)25(23)27)29-16-6-4-2/h8-11,14-15,21-22H,3-7,12-13,16-18H2,1-2H3. The molecular weight excluding hydrogens is 398 g/mol. The first-order chi connectivity index (χ1) is 15.1. The van der Waals surface area contributed by atoms with Crippen molar-refractivity contribution in [3.63, 3.8) is 0 Å². The highest BCUT2D eigenvalue weighted by molar-refractivity contribution is 5.65. The molecule has 0 radical (unpaired) electrons. The average molecular weight is 433 g/mol. The molecule has 3 nitrogen and oxygen atoms in total. The molecule has 0 spiro atoms. The van der Waals surface area contributed by atoms with E-state index in [1.54, 1.807) is 18.2 Å². The summed E-state index contributed by atoms with van der Waals surface area (Å²) in [5.74, 6) is -1.85. The van der Waals surface area contributed by atoms with Crippen LogP contribution in [0.25, 0.3) is 11.1 Å². The zero-order chi connectivity index (χ0) is 22.1. The fourth-order valence-electron chi connectivity index (χ4n) is 3.76. The molecule has 1 saturated heterocycles. The Morgan fingerprint density at radius 1 is 0.935 bits per heavy atom. The normalized spacial score (nSPS) is 18.8. The summed E-state index contributed by atoms with van der Waals surface area (Å²) in [6.45, 7) is 5.72. The van der Waals surface area contributed by atoms with Crippen LogP contribution in [0.15, 0.2) is 36.4 Å². The zero-order valence-electron chi connectivity index (χ0n) is 18.7. The molecule has 2 unspecified atom stereocenters. The van der Waals surface area contributed by atoms with Crippen molar-refractivity contribution in [3.8, 4) is 16.9 Å². The Morgan fingerprint density at radius 2 is 1.71 bits per heavy atom. The Balaban J connectivity index is 1.53. The molecule has 0 saturated carbocycles. The topological polar surface area (TPSA) is 27.7 Å². The molecule has 5 heteroatoms. The van der Waals surface area contributed by atoms with Gasteiger partial charge in [0.25, 0.3) is 0 Å². The molecule has 1 heterocycles. The number of ether oxygens (including phenoxy) is 3. The van der Waals surface area contributed by atoms with Crippen LogP contribution in [-0.4, -0.2) is 25.4 Å². The van der Waals surface area contributed by atoms with Gasteiger partial charge >= 0.3 is 0 Å². The smallest absolute Gasteiger partial charge is 0.201 e. The SMILES string of the molecule is CCCCOc1ccc(-c2ccc(COC3CCC(CCCC)OC3)cc2)c(F)c1F. The van der Waals surface area contributed by atoms with E-state index in [9.17, 15) is 8.78 Å². The third kappa shape index (κ3) is 6.75. The molecule has 2 aromatic carbocycles. The lowest BCUT2D eigenvalue weighted by atomic mass is 10.0. The summed E-state index contributed by atoms with van der Waals surface area (Å²) in [5, 5.41) is 0. The molecule has 0 aromatic heterocycles. The van der Waals surface area contributed by atoms with E-state index in [-0.39, 0.29) is 17.4 Å². The van der Waals surface area contributed by atoms with E-state index >= 15 is 0 Å². The number of hydrogen-bond acceptors (Lipinski definition) is 3. The minimum Gasteiger partial charge on any atom is -0.490 e. The minimum absolute atomic E-state index is 0.0358.